The van der Waals surface area contributed by atoms with Crippen LogP contribution in [0, 0.1) is 12.8 Å². The Hall–Kier alpha value is -0.830. The SMILES string of the molecule is Cc1nc(N(C)C2CCC(C)CC2)ncc1CCl. The Morgan fingerprint density at radius 1 is 1.33 bits per heavy atom. The van der Waals surface area contributed by atoms with Crippen molar-refractivity contribution >= 4 is 17.5 Å². The molecule has 1 aromatic heterocycles. The largest absolute Gasteiger partial charge is 0.341 e. The minimum atomic E-state index is 0.483. The maximum absolute atomic E-state index is 5.84. The molecule has 0 unspecified atom stereocenters. The Kier molecular flexibility index (Phi) is 4.44. The first-order valence-electron chi connectivity index (χ1n) is 6.73. The fourth-order valence-electron chi connectivity index (χ4n) is 2.57. The van der Waals surface area contributed by atoms with E-state index in [0.29, 0.717) is 11.9 Å². The maximum atomic E-state index is 5.84. The second-order valence-corrected chi connectivity index (χ2v) is 5.71. The summed E-state index contributed by atoms with van der Waals surface area (Å²) in [5.41, 5.74) is 2.01. The first-order chi connectivity index (χ1) is 8.61. The van der Waals surface area contributed by atoms with Gasteiger partial charge in [-0.25, -0.2) is 9.97 Å². The van der Waals surface area contributed by atoms with Gasteiger partial charge in [-0.05, 0) is 38.5 Å². The van der Waals surface area contributed by atoms with Gasteiger partial charge in [-0.3, -0.25) is 0 Å². The minimum Gasteiger partial charge on any atom is -0.341 e. The molecule has 0 bridgehead atoms. The van der Waals surface area contributed by atoms with Crippen LogP contribution < -0.4 is 4.90 Å². The van der Waals surface area contributed by atoms with Crippen molar-refractivity contribution in [3.8, 4) is 0 Å². The van der Waals surface area contributed by atoms with Gasteiger partial charge in [0.1, 0.15) is 0 Å². The summed E-state index contributed by atoms with van der Waals surface area (Å²) >= 11 is 5.84. The quantitative estimate of drug-likeness (QED) is 0.785. The molecule has 2 rings (SSSR count). The van der Waals surface area contributed by atoms with Crippen molar-refractivity contribution in [3.05, 3.63) is 17.5 Å². The van der Waals surface area contributed by atoms with Crippen molar-refractivity contribution in [3.63, 3.8) is 0 Å². The molecule has 0 spiro atoms. The van der Waals surface area contributed by atoms with E-state index < -0.39 is 0 Å². The van der Waals surface area contributed by atoms with Gasteiger partial charge in [-0.15, -0.1) is 11.6 Å². The second kappa shape index (κ2) is 5.87. The van der Waals surface area contributed by atoms with E-state index in [9.17, 15) is 0 Å². The number of rotatable bonds is 3. The zero-order valence-electron chi connectivity index (χ0n) is 11.5. The van der Waals surface area contributed by atoms with Gasteiger partial charge in [-0.2, -0.15) is 0 Å². The number of hydrogen-bond acceptors (Lipinski definition) is 3. The molecule has 1 aliphatic carbocycles. The highest BCUT2D eigenvalue weighted by atomic mass is 35.5. The smallest absolute Gasteiger partial charge is 0.225 e. The van der Waals surface area contributed by atoms with Crippen LogP contribution in [0.1, 0.15) is 43.9 Å². The molecular formula is C14H22ClN3. The van der Waals surface area contributed by atoms with E-state index in [-0.39, 0.29) is 0 Å². The summed E-state index contributed by atoms with van der Waals surface area (Å²) in [7, 11) is 2.11. The number of halogens is 1. The van der Waals surface area contributed by atoms with Crippen molar-refractivity contribution in [1.82, 2.24) is 9.97 Å². The Labute approximate surface area is 115 Å². The van der Waals surface area contributed by atoms with E-state index >= 15 is 0 Å². The summed E-state index contributed by atoms with van der Waals surface area (Å²) in [5, 5.41) is 0. The fraction of sp³-hybridized carbons (Fsp3) is 0.714. The summed E-state index contributed by atoms with van der Waals surface area (Å²) < 4.78 is 0. The molecule has 1 fully saturated rings. The van der Waals surface area contributed by atoms with E-state index in [1.54, 1.807) is 0 Å². The van der Waals surface area contributed by atoms with Crippen LogP contribution in [0.5, 0.6) is 0 Å². The van der Waals surface area contributed by atoms with Crippen molar-refractivity contribution in [2.24, 2.45) is 5.92 Å². The molecule has 1 heterocycles. The van der Waals surface area contributed by atoms with E-state index in [2.05, 4.69) is 28.8 Å². The zero-order valence-corrected chi connectivity index (χ0v) is 12.2. The Morgan fingerprint density at radius 3 is 2.56 bits per heavy atom. The molecule has 0 aliphatic heterocycles. The molecule has 0 saturated heterocycles. The van der Waals surface area contributed by atoms with Gasteiger partial charge in [0.15, 0.2) is 0 Å². The number of aromatic nitrogens is 2. The Balaban J connectivity index is 2.08. The third-order valence-electron chi connectivity index (χ3n) is 4.06. The molecule has 0 atom stereocenters. The van der Waals surface area contributed by atoms with Crippen molar-refractivity contribution in [1.29, 1.82) is 0 Å². The maximum Gasteiger partial charge on any atom is 0.225 e. The summed E-state index contributed by atoms with van der Waals surface area (Å²) in [5.74, 6) is 2.19. The van der Waals surface area contributed by atoms with Gasteiger partial charge in [0, 0.05) is 30.5 Å². The lowest BCUT2D eigenvalue weighted by atomic mass is 9.87. The number of aryl methyl sites for hydroxylation is 1. The van der Waals surface area contributed by atoms with Crippen LogP contribution in [0.4, 0.5) is 5.95 Å². The van der Waals surface area contributed by atoms with Crippen molar-refractivity contribution in [2.75, 3.05) is 11.9 Å². The van der Waals surface area contributed by atoms with Crippen LogP contribution >= 0.6 is 11.6 Å². The van der Waals surface area contributed by atoms with E-state index in [1.807, 2.05) is 13.1 Å². The number of alkyl halides is 1. The lowest BCUT2D eigenvalue weighted by Crippen LogP contribution is -2.36. The lowest BCUT2D eigenvalue weighted by Gasteiger charge is -2.33. The fourth-order valence-corrected chi connectivity index (χ4v) is 2.84. The lowest BCUT2D eigenvalue weighted by molar-refractivity contribution is 0.339. The van der Waals surface area contributed by atoms with Crippen LogP contribution in [0.15, 0.2) is 6.20 Å². The molecule has 3 nitrogen and oxygen atoms in total. The van der Waals surface area contributed by atoms with E-state index in [0.717, 1.165) is 23.1 Å². The first-order valence-corrected chi connectivity index (χ1v) is 7.26. The highest BCUT2D eigenvalue weighted by Gasteiger charge is 2.23. The van der Waals surface area contributed by atoms with Gasteiger partial charge < -0.3 is 4.90 Å². The van der Waals surface area contributed by atoms with Gasteiger partial charge in [0.25, 0.3) is 0 Å². The summed E-state index contributed by atoms with van der Waals surface area (Å²) in [4.78, 5) is 11.2. The molecule has 0 N–H and O–H groups in total. The van der Waals surface area contributed by atoms with Gasteiger partial charge in [0.05, 0.1) is 5.88 Å². The molecular weight excluding hydrogens is 246 g/mol. The normalized spacial score (nSPS) is 24.0. The van der Waals surface area contributed by atoms with Crippen LogP contribution in [-0.2, 0) is 5.88 Å². The summed E-state index contributed by atoms with van der Waals surface area (Å²) in [6.07, 6.45) is 6.97. The molecule has 1 aromatic rings. The molecule has 100 valence electrons. The molecule has 4 heteroatoms. The van der Waals surface area contributed by atoms with Gasteiger partial charge in [0.2, 0.25) is 5.95 Å². The van der Waals surface area contributed by atoms with E-state index in [4.69, 9.17) is 11.6 Å². The topological polar surface area (TPSA) is 29.0 Å². The predicted octanol–water partition coefficient (Wildman–Crippen LogP) is 3.54. The number of hydrogen-bond donors (Lipinski definition) is 0. The van der Waals surface area contributed by atoms with E-state index in [1.165, 1.54) is 25.7 Å². The summed E-state index contributed by atoms with van der Waals surface area (Å²) in [6.45, 7) is 4.34. The average Bonchev–Trinajstić information content (AvgIpc) is 2.38. The van der Waals surface area contributed by atoms with Crippen LogP contribution in [0.2, 0.25) is 0 Å². The van der Waals surface area contributed by atoms with Gasteiger partial charge in [-0.1, -0.05) is 6.92 Å². The summed E-state index contributed by atoms with van der Waals surface area (Å²) in [6, 6.07) is 0.586. The molecule has 18 heavy (non-hydrogen) atoms. The average molecular weight is 268 g/mol. The second-order valence-electron chi connectivity index (χ2n) is 5.44. The van der Waals surface area contributed by atoms with Crippen molar-refractivity contribution < 1.29 is 0 Å². The van der Waals surface area contributed by atoms with Crippen LogP contribution in [0.3, 0.4) is 0 Å². The number of nitrogens with zero attached hydrogens (tertiary/aromatic N) is 3. The Bertz CT molecular complexity index is 400. The monoisotopic (exact) mass is 267 g/mol. The third kappa shape index (κ3) is 2.94. The molecule has 0 radical (unpaired) electrons. The van der Waals surface area contributed by atoms with Crippen LogP contribution in [0.25, 0.3) is 0 Å². The van der Waals surface area contributed by atoms with Crippen molar-refractivity contribution in [2.45, 2.75) is 51.5 Å². The molecule has 1 saturated carbocycles. The highest BCUT2D eigenvalue weighted by molar-refractivity contribution is 6.17. The number of anilines is 1. The zero-order chi connectivity index (χ0) is 13.1. The Morgan fingerprint density at radius 2 is 2.00 bits per heavy atom. The van der Waals surface area contributed by atoms with Crippen LogP contribution in [-0.4, -0.2) is 23.1 Å². The molecule has 0 amide bonds. The standard InChI is InChI=1S/C14H22ClN3/c1-10-4-6-13(7-5-10)18(3)14-16-9-12(8-15)11(2)17-14/h9-10,13H,4-8H2,1-3H3. The third-order valence-corrected chi connectivity index (χ3v) is 4.35. The highest BCUT2D eigenvalue weighted by Crippen LogP contribution is 2.28. The predicted molar refractivity (Wildman–Crippen MR) is 76.1 cm³/mol. The molecule has 1 aliphatic rings. The minimum absolute atomic E-state index is 0.483. The first kappa shape index (κ1) is 13.6. The molecule has 0 aromatic carbocycles. The van der Waals surface area contributed by atoms with Gasteiger partial charge >= 0.3 is 0 Å².